The maximum Gasteiger partial charge on any atom is 0.306 e. The van der Waals surface area contributed by atoms with Crippen molar-refractivity contribution in [2.75, 3.05) is 26.4 Å². The van der Waals surface area contributed by atoms with E-state index in [0.29, 0.717) is 13.0 Å². The predicted octanol–water partition coefficient (Wildman–Crippen LogP) is 10.1. The van der Waals surface area contributed by atoms with Gasteiger partial charge in [-0.25, -0.2) is 0 Å². The second-order valence-corrected chi connectivity index (χ2v) is 15.5. The molecule has 0 saturated carbocycles. The van der Waals surface area contributed by atoms with E-state index in [4.69, 9.17) is 18.9 Å². The first-order valence-electron chi connectivity index (χ1n) is 22.7. The van der Waals surface area contributed by atoms with Gasteiger partial charge in [0.2, 0.25) is 0 Å². The fourth-order valence-corrected chi connectivity index (χ4v) is 6.72. The van der Waals surface area contributed by atoms with Crippen molar-refractivity contribution in [1.82, 2.24) is 0 Å². The van der Waals surface area contributed by atoms with Gasteiger partial charge in [-0.2, -0.15) is 0 Å². The molecule has 4 N–H and O–H groups in total. The van der Waals surface area contributed by atoms with Crippen LogP contribution in [0.2, 0.25) is 0 Å². The van der Waals surface area contributed by atoms with Gasteiger partial charge in [0.1, 0.15) is 30.5 Å². The molecular weight excluding hydrogens is 709 g/mol. The van der Waals surface area contributed by atoms with Crippen LogP contribution in [-0.4, -0.2) is 89.6 Å². The van der Waals surface area contributed by atoms with Crippen LogP contribution in [0.25, 0.3) is 0 Å². The molecule has 1 saturated heterocycles. The molecule has 326 valence electrons. The maximum absolute atomic E-state index is 12.8. The number of carbonyl (C=O) groups excluding carboxylic acids is 1. The number of rotatable bonds is 38. The minimum atomic E-state index is -1.54. The standard InChI is InChI=1S/C47H84O9/c1-3-5-7-9-11-13-15-17-19-21-22-24-26-28-30-32-34-36-43(49)55-41(40-54-47-46(52)45(51)44(50)42(38-48)56-47)39-53-37-35-33-31-29-27-25-23-20-18-16-14-12-10-8-6-4-2/h6,8,12,14,18,20,25,27,41-42,44-48,50-52H,3-5,7,9-11,13,15-17,19,21-24,26,28-40H2,1-2H3/b8-6-,14-12-,20-18-,27-25-. The van der Waals surface area contributed by atoms with Crippen LogP contribution in [0.15, 0.2) is 48.6 Å². The van der Waals surface area contributed by atoms with Crippen molar-refractivity contribution in [3.8, 4) is 0 Å². The van der Waals surface area contributed by atoms with Gasteiger partial charge in [-0.3, -0.25) is 4.79 Å². The molecule has 0 aromatic rings. The summed E-state index contributed by atoms with van der Waals surface area (Å²) in [6, 6.07) is 0. The molecule has 1 aliphatic heterocycles. The monoisotopic (exact) mass is 793 g/mol. The molecule has 0 aliphatic carbocycles. The normalized spacial score (nSPS) is 21.0. The zero-order valence-electron chi connectivity index (χ0n) is 35.6. The number of ether oxygens (including phenoxy) is 4. The van der Waals surface area contributed by atoms with Crippen LogP contribution in [-0.2, 0) is 23.7 Å². The van der Waals surface area contributed by atoms with Gasteiger partial charge in [0.05, 0.1) is 19.8 Å². The fourth-order valence-electron chi connectivity index (χ4n) is 6.72. The Kier molecular flexibility index (Phi) is 36.0. The third-order valence-corrected chi connectivity index (χ3v) is 10.3. The fraction of sp³-hybridized carbons (Fsp3) is 0.809. The van der Waals surface area contributed by atoms with Crippen molar-refractivity contribution in [3.63, 3.8) is 0 Å². The molecule has 9 heteroatoms. The summed E-state index contributed by atoms with van der Waals surface area (Å²) in [5, 5.41) is 40.1. The van der Waals surface area contributed by atoms with Crippen molar-refractivity contribution in [3.05, 3.63) is 48.6 Å². The lowest BCUT2D eigenvalue weighted by Crippen LogP contribution is -2.59. The summed E-state index contributed by atoms with van der Waals surface area (Å²) in [6.07, 6.45) is 39.9. The third-order valence-electron chi connectivity index (χ3n) is 10.3. The van der Waals surface area contributed by atoms with Crippen LogP contribution in [0.3, 0.4) is 0 Å². The summed E-state index contributed by atoms with van der Waals surface area (Å²) < 4.78 is 22.8. The number of aliphatic hydroxyl groups is 4. The van der Waals surface area contributed by atoms with Crippen molar-refractivity contribution < 1.29 is 44.2 Å². The van der Waals surface area contributed by atoms with E-state index in [1.165, 1.54) is 89.9 Å². The topological polar surface area (TPSA) is 135 Å². The lowest BCUT2D eigenvalue weighted by Gasteiger charge is -2.39. The van der Waals surface area contributed by atoms with Gasteiger partial charge in [0, 0.05) is 13.0 Å². The van der Waals surface area contributed by atoms with E-state index in [-0.39, 0.29) is 19.2 Å². The Morgan fingerprint density at radius 1 is 0.589 bits per heavy atom. The number of hydrogen-bond donors (Lipinski definition) is 4. The maximum atomic E-state index is 12.8. The number of unbranched alkanes of at least 4 members (excludes halogenated alkanes) is 19. The quantitative estimate of drug-likeness (QED) is 0.0274. The van der Waals surface area contributed by atoms with Gasteiger partial charge in [-0.1, -0.05) is 172 Å². The van der Waals surface area contributed by atoms with Crippen LogP contribution in [0.1, 0.15) is 181 Å². The number of esters is 1. The van der Waals surface area contributed by atoms with E-state index >= 15 is 0 Å². The summed E-state index contributed by atoms with van der Waals surface area (Å²) in [6.45, 7) is 4.38. The molecule has 1 aliphatic rings. The first-order valence-corrected chi connectivity index (χ1v) is 22.7. The minimum Gasteiger partial charge on any atom is -0.457 e. The number of allylic oxidation sites excluding steroid dienone is 8. The molecule has 6 unspecified atom stereocenters. The highest BCUT2D eigenvalue weighted by molar-refractivity contribution is 5.69. The second-order valence-electron chi connectivity index (χ2n) is 15.5. The first-order chi connectivity index (χ1) is 27.4. The van der Waals surface area contributed by atoms with Gasteiger partial charge in [0.25, 0.3) is 0 Å². The lowest BCUT2D eigenvalue weighted by molar-refractivity contribution is -0.305. The molecule has 1 heterocycles. The van der Waals surface area contributed by atoms with Crippen LogP contribution >= 0.6 is 0 Å². The van der Waals surface area contributed by atoms with Crippen LogP contribution in [0, 0.1) is 0 Å². The Morgan fingerprint density at radius 3 is 1.62 bits per heavy atom. The van der Waals surface area contributed by atoms with E-state index < -0.39 is 43.4 Å². The summed E-state index contributed by atoms with van der Waals surface area (Å²) >= 11 is 0. The molecular formula is C47H84O9. The Labute approximate surface area is 342 Å². The Hall–Kier alpha value is -1.85. The molecule has 0 bridgehead atoms. The summed E-state index contributed by atoms with van der Waals surface area (Å²) in [7, 11) is 0. The SMILES string of the molecule is CC/C=C\C/C=C\C/C=C\C/C=C\CCCCCOCC(COC1OC(CO)C(O)C(O)C1O)OC(=O)CCCCCCCCCCCCCCCCCCC. The van der Waals surface area contributed by atoms with Gasteiger partial charge < -0.3 is 39.4 Å². The van der Waals surface area contributed by atoms with Crippen LogP contribution in [0.4, 0.5) is 0 Å². The predicted molar refractivity (Wildman–Crippen MR) is 228 cm³/mol. The Bertz CT molecular complexity index is 994. The zero-order valence-corrected chi connectivity index (χ0v) is 35.6. The summed E-state index contributed by atoms with van der Waals surface area (Å²) in [5.74, 6) is -0.324. The van der Waals surface area contributed by atoms with E-state index in [1.807, 2.05) is 0 Å². The molecule has 1 rings (SSSR count). The first kappa shape index (κ1) is 52.2. The lowest BCUT2D eigenvalue weighted by atomic mass is 9.99. The number of carbonyl (C=O) groups is 1. The highest BCUT2D eigenvalue weighted by Crippen LogP contribution is 2.22. The highest BCUT2D eigenvalue weighted by Gasteiger charge is 2.44. The van der Waals surface area contributed by atoms with Crippen molar-refractivity contribution >= 4 is 5.97 Å². The van der Waals surface area contributed by atoms with E-state index in [2.05, 4.69) is 62.5 Å². The smallest absolute Gasteiger partial charge is 0.306 e. The summed E-state index contributed by atoms with van der Waals surface area (Å²) in [4.78, 5) is 12.8. The molecule has 0 amide bonds. The molecule has 0 radical (unpaired) electrons. The van der Waals surface area contributed by atoms with E-state index in [0.717, 1.165) is 70.6 Å². The molecule has 6 atom stereocenters. The van der Waals surface area contributed by atoms with E-state index in [9.17, 15) is 25.2 Å². The Balaban J connectivity index is 2.28. The van der Waals surface area contributed by atoms with Gasteiger partial charge >= 0.3 is 5.97 Å². The Morgan fingerprint density at radius 2 is 1.09 bits per heavy atom. The average Bonchev–Trinajstić information content (AvgIpc) is 3.20. The molecule has 56 heavy (non-hydrogen) atoms. The minimum absolute atomic E-state index is 0.124. The van der Waals surface area contributed by atoms with Gasteiger partial charge in [-0.05, 0) is 51.4 Å². The van der Waals surface area contributed by atoms with E-state index in [1.54, 1.807) is 0 Å². The summed E-state index contributed by atoms with van der Waals surface area (Å²) in [5.41, 5.74) is 0. The van der Waals surface area contributed by atoms with Crippen LogP contribution in [0.5, 0.6) is 0 Å². The van der Waals surface area contributed by atoms with Crippen LogP contribution < -0.4 is 0 Å². The highest BCUT2D eigenvalue weighted by atomic mass is 16.7. The average molecular weight is 793 g/mol. The van der Waals surface area contributed by atoms with Crippen molar-refractivity contribution in [2.24, 2.45) is 0 Å². The molecule has 1 fully saturated rings. The largest absolute Gasteiger partial charge is 0.457 e. The number of aliphatic hydroxyl groups excluding tert-OH is 4. The van der Waals surface area contributed by atoms with Crippen molar-refractivity contribution in [1.29, 1.82) is 0 Å². The van der Waals surface area contributed by atoms with Gasteiger partial charge in [0.15, 0.2) is 6.29 Å². The zero-order chi connectivity index (χ0) is 40.7. The molecule has 0 aromatic heterocycles. The van der Waals surface area contributed by atoms with Gasteiger partial charge in [-0.15, -0.1) is 0 Å². The molecule has 9 nitrogen and oxygen atoms in total. The third kappa shape index (κ3) is 29.4. The second kappa shape index (κ2) is 38.7. The number of hydrogen-bond acceptors (Lipinski definition) is 9. The molecule has 0 aromatic carbocycles. The van der Waals surface area contributed by atoms with Crippen molar-refractivity contribution in [2.45, 2.75) is 218 Å². The molecule has 0 spiro atoms.